The first-order chi connectivity index (χ1) is 11.2. The van der Waals surface area contributed by atoms with Crippen LogP contribution < -0.4 is 5.73 Å². The fourth-order valence-electron chi connectivity index (χ4n) is 5.12. The van der Waals surface area contributed by atoms with Crippen LogP contribution in [0.15, 0.2) is 18.5 Å². The molecule has 1 aromatic rings. The van der Waals surface area contributed by atoms with E-state index in [2.05, 4.69) is 10.00 Å². The van der Waals surface area contributed by atoms with Gasteiger partial charge in [0.05, 0.1) is 6.04 Å². The first-order valence-electron chi connectivity index (χ1n) is 9.26. The molecule has 1 aliphatic heterocycles. The molecule has 2 bridgehead atoms. The lowest BCUT2D eigenvalue weighted by Gasteiger charge is -2.45. The molecule has 1 aromatic heterocycles. The Labute approximate surface area is 162 Å². The van der Waals surface area contributed by atoms with E-state index < -0.39 is 0 Å². The second kappa shape index (κ2) is 8.74. The summed E-state index contributed by atoms with van der Waals surface area (Å²) in [7, 11) is 0. The highest BCUT2D eigenvalue weighted by molar-refractivity contribution is 5.85. The summed E-state index contributed by atoms with van der Waals surface area (Å²) in [6, 6.07) is 2.64. The molecule has 1 amide bonds. The van der Waals surface area contributed by atoms with Gasteiger partial charge < -0.3 is 10.6 Å². The van der Waals surface area contributed by atoms with E-state index in [-0.39, 0.29) is 30.7 Å². The Hall–Kier alpha value is -0.780. The second-order valence-electron chi connectivity index (χ2n) is 7.76. The molecule has 3 unspecified atom stereocenters. The van der Waals surface area contributed by atoms with Crippen molar-refractivity contribution in [3.63, 3.8) is 0 Å². The molecule has 0 spiro atoms. The van der Waals surface area contributed by atoms with Crippen molar-refractivity contribution in [3.05, 3.63) is 18.5 Å². The molecule has 25 heavy (non-hydrogen) atoms. The Morgan fingerprint density at radius 2 is 1.80 bits per heavy atom. The molecule has 5 nitrogen and oxygen atoms in total. The Morgan fingerprint density at radius 1 is 1.08 bits per heavy atom. The summed E-state index contributed by atoms with van der Waals surface area (Å²) >= 11 is 0. The SMILES string of the molecule is Cl.Cl.NC1C2CCCC1CC(C(=O)N1CCCC(n3cccn3)C1)C2. The van der Waals surface area contributed by atoms with Crippen molar-refractivity contribution in [1.82, 2.24) is 14.7 Å². The van der Waals surface area contributed by atoms with Crippen LogP contribution >= 0.6 is 24.8 Å². The summed E-state index contributed by atoms with van der Waals surface area (Å²) in [5, 5.41) is 4.36. The number of rotatable bonds is 2. The fourth-order valence-corrected chi connectivity index (χ4v) is 5.12. The number of amides is 1. The molecular formula is C18H30Cl2N4O. The van der Waals surface area contributed by atoms with E-state index in [1.807, 2.05) is 23.1 Å². The van der Waals surface area contributed by atoms with E-state index in [0.717, 1.165) is 38.8 Å². The number of carbonyl (C=O) groups excluding carboxylic acids is 1. The molecule has 2 N–H and O–H groups in total. The van der Waals surface area contributed by atoms with Crippen LogP contribution in [0.1, 0.15) is 51.0 Å². The highest BCUT2D eigenvalue weighted by atomic mass is 35.5. The third-order valence-electron chi connectivity index (χ3n) is 6.37. The number of hydrogen-bond acceptors (Lipinski definition) is 3. The summed E-state index contributed by atoms with van der Waals surface area (Å²) in [6.07, 6.45) is 11.8. The number of fused-ring (bicyclic) bond motifs is 2. The summed E-state index contributed by atoms with van der Waals surface area (Å²) in [4.78, 5) is 15.2. The van der Waals surface area contributed by atoms with Gasteiger partial charge in [0.15, 0.2) is 0 Å². The van der Waals surface area contributed by atoms with Gasteiger partial charge in [-0.05, 0) is 56.4 Å². The molecule has 4 rings (SSSR count). The molecule has 2 heterocycles. The van der Waals surface area contributed by atoms with Crippen molar-refractivity contribution < 1.29 is 4.79 Å². The van der Waals surface area contributed by atoms with Crippen molar-refractivity contribution in [2.45, 2.75) is 57.0 Å². The number of nitrogens with zero attached hydrogens (tertiary/aromatic N) is 3. The Bertz CT molecular complexity index is 539. The van der Waals surface area contributed by atoms with Gasteiger partial charge in [-0.15, -0.1) is 24.8 Å². The van der Waals surface area contributed by atoms with Gasteiger partial charge in [-0.1, -0.05) is 6.42 Å². The lowest BCUT2D eigenvalue weighted by Crippen LogP contribution is -2.51. The molecule has 3 aliphatic rings. The number of halogens is 2. The summed E-state index contributed by atoms with van der Waals surface area (Å²) in [5.41, 5.74) is 6.37. The summed E-state index contributed by atoms with van der Waals surface area (Å²) in [5.74, 6) is 1.73. The molecule has 0 radical (unpaired) electrons. The third kappa shape index (κ3) is 4.15. The van der Waals surface area contributed by atoms with E-state index in [4.69, 9.17) is 5.73 Å². The van der Waals surface area contributed by atoms with Crippen LogP contribution in [0.4, 0.5) is 0 Å². The minimum absolute atomic E-state index is 0. The molecule has 3 atom stereocenters. The van der Waals surface area contributed by atoms with Gasteiger partial charge >= 0.3 is 0 Å². The molecular weight excluding hydrogens is 359 g/mol. The highest BCUT2D eigenvalue weighted by Crippen LogP contribution is 2.42. The van der Waals surface area contributed by atoms with E-state index >= 15 is 0 Å². The lowest BCUT2D eigenvalue weighted by molar-refractivity contribution is -0.140. The predicted molar refractivity (Wildman–Crippen MR) is 103 cm³/mol. The number of likely N-dealkylation sites (tertiary alicyclic amines) is 1. The molecule has 1 saturated heterocycles. The van der Waals surface area contributed by atoms with E-state index in [0.29, 0.717) is 29.8 Å². The molecule has 0 aromatic carbocycles. The summed E-state index contributed by atoms with van der Waals surface area (Å²) in [6.45, 7) is 1.73. The predicted octanol–water partition coefficient (Wildman–Crippen LogP) is 3.04. The standard InChI is InChI=1S/C18H28N4O.2ClH/c19-17-13-4-1-5-14(17)11-15(10-13)18(23)21-8-2-6-16(12-21)22-9-3-7-20-22;;/h3,7,9,13-17H,1-2,4-6,8,10-12,19H2;2*1H. The van der Waals surface area contributed by atoms with Crippen LogP contribution in [0.2, 0.25) is 0 Å². The molecule has 2 aliphatic carbocycles. The van der Waals surface area contributed by atoms with Crippen LogP contribution in [0.25, 0.3) is 0 Å². The zero-order valence-electron chi connectivity index (χ0n) is 14.6. The van der Waals surface area contributed by atoms with Crippen molar-refractivity contribution in [3.8, 4) is 0 Å². The van der Waals surface area contributed by atoms with Crippen LogP contribution in [-0.4, -0.2) is 39.7 Å². The van der Waals surface area contributed by atoms with Crippen LogP contribution in [-0.2, 0) is 4.79 Å². The van der Waals surface area contributed by atoms with Gasteiger partial charge in [0, 0.05) is 37.4 Å². The van der Waals surface area contributed by atoms with Gasteiger partial charge in [-0.2, -0.15) is 5.10 Å². The first-order valence-corrected chi connectivity index (χ1v) is 9.26. The minimum atomic E-state index is 0. The zero-order chi connectivity index (χ0) is 15.8. The van der Waals surface area contributed by atoms with Crippen molar-refractivity contribution in [2.75, 3.05) is 13.1 Å². The van der Waals surface area contributed by atoms with Crippen LogP contribution in [0.3, 0.4) is 0 Å². The van der Waals surface area contributed by atoms with Gasteiger partial charge in [0.1, 0.15) is 0 Å². The molecule has 3 fully saturated rings. The Morgan fingerprint density at radius 3 is 2.44 bits per heavy atom. The largest absolute Gasteiger partial charge is 0.340 e. The smallest absolute Gasteiger partial charge is 0.225 e. The Kier molecular flexibility index (Phi) is 7.18. The zero-order valence-corrected chi connectivity index (χ0v) is 16.3. The number of hydrogen-bond donors (Lipinski definition) is 1. The molecule has 2 saturated carbocycles. The third-order valence-corrected chi connectivity index (χ3v) is 6.37. The molecule has 142 valence electrons. The second-order valence-corrected chi connectivity index (χ2v) is 7.76. The average molecular weight is 389 g/mol. The topological polar surface area (TPSA) is 64.2 Å². The van der Waals surface area contributed by atoms with Crippen molar-refractivity contribution in [2.24, 2.45) is 23.5 Å². The van der Waals surface area contributed by atoms with Crippen LogP contribution in [0.5, 0.6) is 0 Å². The number of piperidine rings is 1. The first kappa shape index (κ1) is 20.5. The fraction of sp³-hybridized carbons (Fsp3) is 0.778. The Balaban J connectivity index is 0.00000113. The van der Waals surface area contributed by atoms with E-state index in [9.17, 15) is 4.79 Å². The van der Waals surface area contributed by atoms with Crippen molar-refractivity contribution >= 4 is 30.7 Å². The monoisotopic (exact) mass is 388 g/mol. The number of aromatic nitrogens is 2. The highest BCUT2D eigenvalue weighted by Gasteiger charge is 2.42. The maximum atomic E-state index is 13.1. The van der Waals surface area contributed by atoms with E-state index in [1.54, 1.807) is 0 Å². The van der Waals surface area contributed by atoms with Gasteiger partial charge in [0.25, 0.3) is 0 Å². The molecule has 7 heteroatoms. The minimum Gasteiger partial charge on any atom is -0.340 e. The number of carbonyl (C=O) groups is 1. The quantitative estimate of drug-likeness (QED) is 0.846. The van der Waals surface area contributed by atoms with Crippen molar-refractivity contribution in [1.29, 1.82) is 0 Å². The van der Waals surface area contributed by atoms with Gasteiger partial charge in [-0.3, -0.25) is 9.48 Å². The lowest BCUT2D eigenvalue weighted by atomic mass is 9.65. The van der Waals surface area contributed by atoms with Gasteiger partial charge in [-0.25, -0.2) is 0 Å². The summed E-state index contributed by atoms with van der Waals surface area (Å²) < 4.78 is 2.02. The normalized spacial score (nSPS) is 34.6. The van der Waals surface area contributed by atoms with E-state index in [1.165, 1.54) is 19.3 Å². The maximum absolute atomic E-state index is 13.1. The number of nitrogens with two attached hydrogens (primary N) is 1. The maximum Gasteiger partial charge on any atom is 0.225 e. The van der Waals surface area contributed by atoms with Gasteiger partial charge in [0.2, 0.25) is 5.91 Å². The van der Waals surface area contributed by atoms with Crippen LogP contribution in [0, 0.1) is 17.8 Å². The average Bonchev–Trinajstić information content (AvgIpc) is 3.08.